The van der Waals surface area contributed by atoms with E-state index in [1.807, 2.05) is 42.5 Å². The van der Waals surface area contributed by atoms with Gasteiger partial charge in [0.15, 0.2) is 0 Å². The SMILES string of the molecule is COc1cc(CN(C=O)CCCS(=O)c2ccccc2)cc(OC)c1. The Morgan fingerprint density at radius 1 is 1.04 bits per heavy atom. The second-order valence-electron chi connectivity index (χ2n) is 5.51. The number of nitrogens with zero attached hydrogens (tertiary/aromatic N) is 1. The highest BCUT2D eigenvalue weighted by Crippen LogP contribution is 2.23. The molecule has 5 nitrogen and oxygen atoms in total. The maximum atomic E-state index is 12.2. The monoisotopic (exact) mass is 361 g/mol. The lowest BCUT2D eigenvalue weighted by Crippen LogP contribution is -2.23. The molecular formula is C19H23NO4S. The summed E-state index contributed by atoms with van der Waals surface area (Å²) in [5.74, 6) is 1.89. The van der Waals surface area contributed by atoms with Crippen molar-refractivity contribution in [1.29, 1.82) is 0 Å². The lowest BCUT2D eigenvalue weighted by Gasteiger charge is -2.18. The van der Waals surface area contributed by atoms with Crippen LogP contribution in [0.2, 0.25) is 0 Å². The number of rotatable bonds is 10. The van der Waals surface area contributed by atoms with Crippen LogP contribution < -0.4 is 9.47 Å². The second kappa shape index (κ2) is 9.84. The average molecular weight is 361 g/mol. The molecule has 2 rings (SSSR count). The Hall–Kier alpha value is -2.34. The fourth-order valence-electron chi connectivity index (χ4n) is 2.45. The summed E-state index contributed by atoms with van der Waals surface area (Å²) >= 11 is 0. The van der Waals surface area contributed by atoms with Crippen LogP contribution in [0.25, 0.3) is 0 Å². The predicted octanol–water partition coefficient (Wildman–Crippen LogP) is 2.86. The fraction of sp³-hybridized carbons (Fsp3) is 0.316. The number of methoxy groups -OCH3 is 2. The van der Waals surface area contributed by atoms with Crippen molar-refractivity contribution in [2.45, 2.75) is 17.9 Å². The number of benzene rings is 2. The maximum absolute atomic E-state index is 12.2. The van der Waals surface area contributed by atoms with Crippen LogP contribution in [0.4, 0.5) is 0 Å². The molecule has 0 spiro atoms. The number of carbonyl (C=O) groups excluding carboxylic acids is 1. The minimum atomic E-state index is -1.04. The summed E-state index contributed by atoms with van der Waals surface area (Å²) in [6, 6.07) is 14.9. The van der Waals surface area contributed by atoms with Gasteiger partial charge in [0.05, 0.1) is 25.0 Å². The van der Waals surface area contributed by atoms with E-state index in [0.717, 1.165) is 16.9 Å². The van der Waals surface area contributed by atoms with Crippen molar-refractivity contribution < 1.29 is 18.5 Å². The van der Waals surface area contributed by atoms with Gasteiger partial charge in [-0.3, -0.25) is 9.00 Å². The van der Waals surface area contributed by atoms with E-state index in [9.17, 15) is 9.00 Å². The standard InChI is InChI=1S/C19H23NO4S/c1-23-17-11-16(12-18(13-17)24-2)14-20(15-21)9-6-10-25(22)19-7-4-3-5-8-19/h3-5,7-8,11-13,15H,6,9-10,14H2,1-2H3. The van der Waals surface area contributed by atoms with E-state index < -0.39 is 10.8 Å². The summed E-state index contributed by atoms with van der Waals surface area (Å²) in [5, 5.41) is 0. The highest BCUT2D eigenvalue weighted by molar-refractivity contribution is 7.85. The van der Waals surface area contributed by atoms with Crippen LogP contribution in [0.15, 0.2) is 53.4 Å². The van der Waals surface area contributed by atoms with E-state index >= 15 is 0 Å². The third-order valence-electron chi connectivity index (χ3n) is 3.73. The Labute approximate surface area is 151 Å². The van der Waals surface area contributed by atoms with Crippen LogP contribution >= 0.6 is 0 Å². The molecule has 1 atom stereocenters. The molecule has 0 aliphatic carbocycles. The molecule has 1 amide bonds. The fourth-order valence-corrected chi connectivity index (χ4v) is 3.54. The van der Waals surface area contributed by atoms with Gasteiger partial charge in [-0.05, 0) is 36.2 Å². The highest BCUT2D eigenvalue weighted by atomic mass is 32.2. The molecule has 2 aromatic carbocycles. The molecule has 0 aliphatic rings. The first-order valence-corrected chi connectivity index (χ1v) is 9.33. The van der Waals surface area contributed by atoms with Crippen molar-refractivity contribution in [2.75, 3.05) is 26.5 Å². The number of hydrogen-bond acceptors (Lipinski definition) is 4. The summed E-state index contributed by atoms with van der Waals surface area (Å²) < 4.78 is 22.7. The van der Waals surface area contributed by atoms with Crippen LogP contribution in [0, 0.1) is 0 Å². The van der Waals surface area contributed by atoms with Crippen molar-refractivity contribution in [1.82, 2.24) is 4.90 Å². The first kappa shape index (κ1) is 19.0. The maximum Gasteiger partial charge on any atom is 0.210 e. The average Bonchev–Trinajstić information content (AvgIpc) is 2.67. The van der Waals surface area contributed by atoms with Gasteiger partial charge in [-0.2, -0.15) is 0 Å². The molecule has 0 saturated heterocycles. The quantitative estimate of drug-likeness (QED) is 0.611. The second-order valence-corrected chi connectivity index (χ2v) is 7.08. The van der Waals surface area contributed by atoms with Gasteiger partial charge in [0, 0.05) is 29.8 Å². The van der Waals surface area contributed by atoms with Crippen molar-refractivity contribution in [3.63, 3.8) is 0 Å². The molecule has 1 unspecified atom stereocenters. The van der Waals surface area contributed by atoms with Gasteiger partial charge in [-0.25, -0.2) is 0 Å². The smallest absolute Gasteiger partial charge is 0.210 e. The number of carbonyl (C=O) groups is 1. The number of amides is 1. The van der Waals surface area contributed by atoms with Gasteiger partial charge in [0.1, 0.15) is 11.5 Å². The van der Waals surface area contributed by atoms with Crippen LogP contribution in [0.3, 0.4) is 0 Å². The van der Waals surface area contributed by atoms with Gasteiger partial charge in [0.2, 0.25) is 6.41 Å². The molecule has 0 radical (unpaired) electrons. The van der Waals surface area contributed by atoms with E-state index in [4.69, 9.17) is 9.47 Å². The summed E-state index contributed by atoms with van der Waals surface area (Å²) in [5.41, 5.74) is 0.924. The summed E-state index contributed by atoms with van der Waals surface area (Å²) in [6.45, 7) is 0.997. The molecule has 0 bridgehead atoms. The normalized spacial score (nSPS) is 11.6. The molecule has 134 valence electrons. The number of ether oxygens (including phenoxy) is 2. The van der Waals surface area contributed by atoms with E-state index in [-0.39, 0.29) is 0 Å². The molecule has 0 fully saturated rings. The first-order chi connectivity index (χ1) is 12.2. The molecule has 0 aromatic heterocycles. The Balaban J connectivity index is 1.90. The molecule has 6 heteroatoms. The van der Waals surface area contributed by atoms with Gasteiger partial charge in [-0.15, -0.1) is 0 Å². The third-order valence-corrected chi connectivity index (χ3v) is 5.18. The molecule has 0 N–H and O–H groups in total. The van der Waals surface area contributed by atoms with Crippen molar-refractivity contribution in [3.05, 3.63) is 54.1 Å². The number of hydrogen-bond donors (Lipinski definition) is 0. The zero-order valence-electron chi connectivity index (χ0n) is 14.5. The van der Waals surface area contributed by atoms with E-state index in [1.54, 1.807) is 25.2 Å². The molecule has 0 heterocycles. The van der Waals surface area contributed by atoms with Gasteiger partial charge in [-0.1, -0.05) is 18.2 Å². The lowest BCUT2D eigenvalue weighted by atomic mass is 10.2. The minimum Gasteiger partial charge on any atom is -0.497 e. The van der Waals surface area contributed by atoms with Crippen LogP contribution in [-0.4, -0.2) is 42.0 Å². The van der Waals surface area contributed by atoms with E-state index in [2.05, 4.69) is 0 Å². The molecular weight excluding hydrogens is 338 g/mol. The lowest BCUT2D eigenvalue weighted by molar-refractivity contribution is -0.118. The summed E-state index contributed by atoms with van der Waals surface area (Å²) in [7, 11) is 2.14. The van der Waals surface area contributed by atoms with Gasteiger partial charge in [0.25, 0.3) is 0 Å². The Morgan fingerprint density at radius 3 is 2.24 bits per heavy atom. The van der Waals surface area contributed by atoms with E-state index in [0.29, 0.717) is 36.8 Å². The first-order valence-electron chi connectivity index (χ1n) is 8.01. The molecule has 0 saturated carbocycles. The van der Waals surface area contributed by atoms with Crippen molar-refractivity contribution in [3.8, 4) is 11.5 Å². The van der Waals surface area contributed by atoms with Crippen molar-refractivity contribution in [2.24, 2.45) is 0 Å². The van der Waals surface area contributed by atoms with Gasteiger partial charge < -0.3 is 14.4 Å². The minimum absolute atomic E-state index is 0.453. The molecule has 2 aromatic rings. The van der Waals surface area contributed by atoms with Gasteiger partial charge >= 0.3 is 0 Å². The Morgan fingerprint density at radius 2 is 1.68 bits per heavy atom. The third kappa shape index (κ3) is 5.90. The van der Waals surface area contributed by atoms with E-state index in [1.165, 1.54) is 0 Å². The largest absolute Gasteiger partial charge is 0.497 e. The van der Waals surface area contributed by atoms with Crippen LogP contribution in [0.1, 0.15) is 12.0 Å². The Kier molecular flexibility index (Phi) is 7.47. The summed E-state index contributed by atoms with van der Waals surface area (Å²) in [4.78, 5) is 13.8. The highest BCUT2D eigenvalue weighted by Gasteiger charge is 2.09. The van der Waals surface area contributed by atoms with Crippen LogP contribution in [0.5, 0.6) is 11.5 Å². The zero-order valence-corrected chi connectivity index (χ0v) is 15.3. The Bertz CT molecular complexity index is 684. The topological polar surface area (TPSA) is 55.8 Å². The van der Waals surface area contributed by atoms with Crippen molar-refractivity contribution >= 4 is 17.2 Å². The van der Waals surface area contributed by atoms with Crippen LogP contribution in [-0.2, 0) is 22.1 Å². The zero-order chi connectivity index (χ0) is 18.1. The summed E-state index contributed by atoms with van der Waals surface area (Å²) in [6.07, 6.45) is 1.48. The molecule has 25 heavy (non-hydrogen) atoms. The predicted molar refractivity (Wildman–Crippen MR) is 98.4 cm³/mol. The molecule has 0 aliphatic heterocycles.